The molecule has 14 heavy (non-hydrogen) atoms. The number of aliphatic hydroxyl groups is 1. The second kappa shape index (κ2) is 3.79. The Hall–Kier alpha value is -1.36. The minimum atomic E-state index is -0.891. The summed E-state index contributed by atoms with van der Waals surface area (Å²) in [6, 6.07) is 0. The Morgan fingerprint density at radius 3 is 2.79 bits per heavy atom. The summed E-state index contributed by atoms with van der Waals surface area (Å²) in [5.41, 5.74) is -0.394. The molecule has 1 aromatic heterocycles. The number of amides is 1. The smallest absolute Gasteiger partial charge is 0.254 e. The minimum absolute atomic E-state index is 0.222. The van der Waals surface area contributed by atoms with Crippen LogP contribution >= 0.6 is 0 Å². The molecule has 2 N–H and O–H groups in total. The highest BCUT2D eigenvalue weighted by Crippen LogP contribution is 2.00. The maximum atomic E-state index is 11.4. The van der Waals surface area contributed by atoms with Crippen molar-refractivity contribution >= 4 is 5.91 Å². The highest BCUT2D eigenvalue weighted by molar-refractivity contribution is 5.93. The van der Waals surface area contributed by atoms with Crippen molar-refractivity contribution in [1.29, 1.82) is 0 Å². The zero-order valence-electron chi connectivity index (χ0n) is 8.61. The molecule has 0 fully saturated rings. The number of nitrogens with one attached hydrogen (secondary N) is 1. The minimum Gasteiger partial charge on any atom is -0.389 e. The van der Waals surface area contributed by atoms with E-state index in [1.165, 1.54) is 6.20 Å². The first-order valence-corrected chi connectivity index (χ1v) is 4.38. The zero-order valence-corrected chi connectivity index (χ0v) is 8.61. The van der Waals surface area contributed by atoms with E-state index >= 15 is 0 Å². The van der Waals surface area contributed by atoms with Gasteiger partial charge in [0, 0.05) is 19.8 Å². The quantitative estimate of drug-likeness (QED) is 0.712. The third-order valence-corrected chi connectivity index (χ3v) is 1.65. The molecule has 5 nitrogen and oxygen atoms in total. The van der Waals surface area contributed by atoms with Crippen molar-refractivity contribution in [1.82, 2.24) is 15.1 Å². The fourth-order valence-corrected chi connectivity index (χ4v) is 0.937. The molecule has 1 heterocycles. The first kappa shape index (κ1) is 10.7. The molecule has 0 radical (unpaired) electrons. The van der Waals surface area contributed by atoms with Gasteiger partial charge in [0.25, 0.3) is 5.91 Å². The van der Waals surface area contributed by atoms with Crippen LogP contribution in [0.2, 0.25) is 0 Å². The lowest BCUT2D eigenvalue weighted by molar-refractivity contribution is 0.0694. The standard InChI is InChI=1S/C9H15N3O2/c1-9(2,14)6-10-8(13)7-4-11-12(3)5-7/h4-5,14H,6H2,1-3H3,(H,10,13). The molecule has 0 atom stereocenters. The topological polar surface area (TPSA) is 67.2 Å². The molecule has 1 amide bonds. The fraction of sp³-hybridized carbons (Fsp3) is 0.556. The van der Waals surface area contributed by atoms with Gasteiger partial charge < -0.3 is 10.4 Å². The van der Waals surface area contributed by atoms with Gasteiger partial charge in [-0.1, -0.05) is 0 Å². The predicted octanol–water partition coefficient (Wildman–Crippen LogP) is -0.0792. The molecule has 0 saturated heterocycles. The highest BCUT2D eigenvalue weighted by atomic mass is 16.3. The lowest BCUT2D eigenvalue weighted by atomic mass is 10.1. The molecule has 0 aliphatic carbocycles. The van der Waals surface area contributed by atoms with E-state index in [-0.39, 0.29) is 12.5 Å². The van der Waals surface area contributed by atoms with E-state index in [2.05, 4.69) is 10.4 Å². The van der Waals surface area contributed by atoms with Crippen molar-refractivity contribution in [3.8, 4) is 0 Å². The Morgan fingerprint density at radius 1 is 1.71 bits per heavy atom. The monoisotopic (exact) mass is 197 g/mol. The SMILES string of the molecule is Cn1cc(C(=O)NCC(C)(C)O)cn1. The van der Waals surface area contributed by atoms with Crippen LogP contribution in [0.1, 0.15) is 24.2 Å². The predicted molar refractivity (Wildman–Crippen MR) is 51.8 cm³/mol. The summed E-state index contributed by atoms with van der Waals surface area (Å²) in [6.07, 6.45) is 3.11. The first-order chi connectivity index (χ1) is 6.38. The van der Waals surface area contributed by atoms with Crippen molar-refractivity contribution in [3.63, 3.8) is 0 Å². The molecular formula is C9H15N3O2. The van der Waals surface area contributed by atoms with Crippen molar-refractivity contribution in [3.05, 3.63) is 18.0 Å². The molecular weight excluding hydrogens is 182 g/mol. The normalized spacial score (nSPS) is 11.4. The second-order valence-corrected chi connectivity index (χ2v) is 3.90. The van der Waals surface area contributed by atoms with Crippen LogP contribution in [0.25, 0.3) is 0 Å². The summed E-state index contributed by atoms with van der Waals surface area (Å²) < 4.78 is 1.55. The molecule has 0 spiro atoms. The Balaban J connectivity index is 2.52. The van der Waals surface area contributed by atoms with Crippen LogP contribution in [0.4, 0.5) is 0 Å². The third-order valence-electron chi connectivity index (χ3n) is 1.65. The van der Waals surface area contributed by atoms with Gasteiger partial charge in [-0.3, -0.25) is 9.48 Å². The van der Waals surface area contributed by atoms with E-state index in [0.717, 1.165) is 0 Å². The van der Waals surface area contributed by atoms with Crippen molar-refractivity contribution in [2.75, 3.05) is 6.54 Å². The number of rotatable bonds is 3. The number of hydrogen-bond acceptors (Lipinski definition) is 3. The van der Waals surface area contributed by atoms with E-state index in [1.807, 2.05) is 0 Å². The van der Waals surface area contributed by atoms with Crippen LogP contribution in [0.15, 0.2) is 12.4 Å². The van der Waals surface area contributed by atoms with Crippen LogP contribution < -0.4 is 5.32 Å². The number of carbonyl (C=O) groups excluding carboxylic acids is 1. The van der Waals surface area contributed by atoms with Gasteiger partial charge in [0.2, 0.25) is 0 Å². The molecule has 5 heteroatoms. The van der Waals surface area contributed by atoms with Gasteiger partial charge in [0.15, 0.2) is 0 Å². The Morgan fingerprint density at radius 2 is 2.36 bits per heavy atom. The van der Waals surface area contributed by atoms with Crippen LogP contribution in [-0.2, 0) is 7.05 Å². The lowest BCUT2D eigenvalue weighted by Crippen LogP contribution is -2.38. The summed E-state index contributed by atoms with van der Waals surface area (Å²) >= 11 is 0. The number of carbonyl (C=O) groups is 1. The van der Waals surface area contributed by atoms with E-state index in [4.69, 9.17) is 0 Å². The van der Waals surface area contributed by atoms with Crippen LogP contribution in [0.5, 0.6) is 0 Å². The van der Waals surface area contributed by atoms with Gasteiger partial charge in [0.1, 0.15) is 0 Å². The van der Waals surface area contributed by atoms with Gasteiger partial charge in [0.05, 0.1) is 17.4 Å². The number of aromatic nitrogens is 2. The van der Waals surface area contributed by atoms with E-state index < -0.39 is 5.60 Å². The second-order valence-electron chi connectivity index (χ2n) is 3.90. The van der Waals surface area contributed by atoms with Gasteiger partial charge in [-0.05, 0) is 13.8 Å². The molecule has 0 bridgehead atoms. The number of hydrogen-bond donors (Lipinski definition) is 2. The highest BCUT2D eigenvalue weighted by Gasteiger charge is 2.15. The Labute approximate surface area is 82.7 Å². The Kier molecular flexibility index (Phi) is 2.90. The maximum absolute atomic E-state index is 11.4. The fourth-order valence-electron chi connectivity index (χ4n) is 0.937. The van der Waals surface area contributed by atoms with Gasteiger partial charge in [-0.15, -0.1) is 0 Å². The lowest BCUT2D eigenvalue weighted by Gasteiger charge is -2.16. The summed E-state index contributed by atoms with van der Waals surface area (Å²) in [5, 5.41) is 15.9. The Bertz CT molecular complexity index is 325. The summed E-state index contributed by atoms with van der Waals surface area (Å²) in [4.78, 5) is 11.4. The van der Waals surface area contributed by atoms with Gasteiger partial charge in [-0.2, -0.15) is 5.10 Å². The molecule has 0 unspecified atom stereocenters. The van der Waals surface area contributed by atoms with Crippen LogP contribution in [0.3, 0.4) is 0 Å². The largest absolute Gasteiger partial charge is 0.389 e. The third kappa shape index (κ3) is 3.18. The van der Waals surface area contributed by atoms with Crippen LogP contribution in [0, 0.1) is 0 Å². The summed E-state index contributed by atoms with van der Waals surface area (Å²) in [5.74, 6) is -0.222. The van der Waals surface area contributed by atoms with Crippen molar-refractivity contribution in [2.24, 2.45) is 7.05 Å². The van der Waals surface area contributed by atoms with E-state index in [0.29, 0.717) is 5.56 Å². The summed E-state index contributed by atoms with van der Waals surface area (Å²) in [6.45, 7) is 3.49. The van der Waals surface area contributed by atoms with Gasteiger partial charge in [-0.25, -0.2) is 0 Å². The zero-order chi connectivity index (χ0) is 10.8. The first-order valence-electron chi connectivity index (χ1n) is 4.38. The molecule has 0 aromatic carbocycles. The molecule has 1 rings (SSSR count). The number of nitrogens with zero attached hydrogens (tertiary/aromatic N) is 2. The molecule has 0 saturated carbocycles. The number of aryl methyl sites for hydroxylation is 1. The van der Waals surface area contributed by atoms with E-state index in [9.17, 15) is 9.90 Å². The molecule has 78 valence electrons. The molecule has 0 aliphatic heterocycles. The maximum Gasteiger partial charge on any atom is 0.254 e. The average molecular weight is 197 g/mol. The van der Waals surface area contributed by atoms with Crippen molar-refractivity contribution in [2.45, 2.75) is 19.4 Å². The average Bonchev–Trinajstić information content (AvgIpc) is 2.46. The van der Waals surface area contributed by atoms with Crippen LogP contribution in [-0.4, -0.2) is 32.9 Å². The molecule has 1 aromatic rings. The summed E-state index contributed by atoms with van der Waals surface area (Å²) in [7, 11) is 1.74. The van der Waals surface area contributed by atoms with Crippen molar-refractivity contribution < 1.29 is 9.90 Å². The van der Waals surface area contributed by atoms with Gasteiger partial charge >= 0.3 is 0 Å². The molecule has 0 aliphatic rings. The van der Waals surface area contributed by atoms with E-state index in [1.54, 1.807) is 31.8 Å².